The Morgan fingerprint density at radius 3 is 2.33 bits per heavy atom. The molecule has 24 heavy (non-hydrogen) atoms. The Bertz CT molecular complexity index is 421. The Morgan fingerprint density at radius 1 is 1.12 bits per heavy atom. The van der Waals surface area contributed by atoms with Gasteiger partial charge >= 0.3 is 12.1 Å². The van der Waals surface area contributed by atoms with E-state index in [0.29, 0.717) is 31.7 Å². The summed E-state index contributed by atoms with van der Waals surface area (Å²) in [6.07, 6.45) is -1.33. The predicted molar refractivity (Wildman–Crippen MR) is 85.8 cm³/mol. The molecule has 1 unspecified atom stereocenters. The lowest BCUT2D eigenvalue weighted by molar-refractivity contribution is -0.186. The molecule has 2 N–H and O–H groups in total. The fraction of sp³-hybridized carbons (Fsp3) is 0.867. The van der Waals surface area contributed by atoms with Crippen molar-refractivity contribution in [2.75, 3.05) is 32.7 Å². The molecule has 2 amide bonds. The minimum absolute atomic E-state index is 0. The number of hydrogen-bond donors (Lipinski definition) is 2. The molecular weight excluding hydrogens is 347 g/mol. The number of nitrogens with zero attached hydrogens (tertiary/aromatic N) is 1. The molecule has 2 fully saturated rings. The van der Waals surface area contributed by atoms with E-state index in [9.17, 15) is 22.8 Å². The number of halogens is 4. The Hall–Kier alpha value is -1.02. The van der Waals surface area contributed by atoms with Gasteiger partial charge < -0.3 is 15.5 Å². The third-order valence-electron chi connectivity index (χ3n) is 4.67. The molecule has 2 aliphatic heterocycles. The first-order valence-corrected chi connectivity index (χ1v) is 8.19. The smallest absolute Gasteiger partial charge is 0.356 e. The summed E-state index contributed by atoms with van der Waals surface area (Å²) in [5.41, 5.74) is 0. The number of carbonyl (C=O) groups is 2. The fourth-order valence-corrected chi connectivity index (χ4v) is 3.16. The second-order valence-electron chi connectivity index (χ2n) is 6.43. The summed E-state index contributed by atoms with van der Waals surface area (Å²) >= 11 is 0. The monoisotopic (exact) mass is 371 g/mol. The number of hydrogen-bond acceptors (Lipinski definition) is 3. The third kappa shape index (κ3) is 6.47. The molecular formula is C15H25ClF3N3O2. The van der Waals surface area contributed by atoms with Crippen molar-refractivity contribution in [2.45, 2.75) is 38.3 Å². The van der Waals surface area contributed by atoms with Gasteiger partial charge in [0.2, 0.25) is 5.91 Å². The van der Waals surface area contributed by atoms with E-state index < -0.39 is 12.1 Å². The molecule has 0 aromatic rings. The number of nitrogens with one attached hydrogen (secondary N) is 2. The van der Waals surface area contributed by atoms with Gasteiger partial charge in [0.25, 0.3) is 0 Å². The average molecular weight is 372 g/mol. The van der Waals surface area contributed by atoms with E-state index in [0.717, 1.165) is 30.8 Å². The van der Waals surface area contributed by atoms with Crippen LogP contribution in [0.4, 0.5) is 13.2 Å². The minimum atomic E-state index is -4.80. The Morgan fingerprint density at radius 2 is 1.79 bits per heavy atom. The summed E-state index contributed by atoms with van der Waals surface area (Å²) in [5.74, 6) is -1.04. The summed E-state index contributed by atoms with van der Waals surface area (Å²) in [6.45, 7) is 2.68. The van der Waals surface area contributed by atoms with Crippen molar-refractivity contribution in [1.29, 1.82) is 0 Å². The normalized spacial score (nSPS) is 22.1. The predicted octanol–water partition coefficient (Wildman–Crippen LogP) is 1.71. The van der Waals surface area contributed by atoms with Gasteiger partial charge in [-0.2, -0.15) is 13.2 Å². The first kappa shape index (κ1) is 21.0. The van der Waals surface area contributed by atoms with Crippen LogP contribution in [0.15, 0.2) is 0 Å². The molecule has 9 heteroatoms. The van der Waals surface area contributed by atoms with Crippen molar-refractivity contribution >= 4 is 24.2 Å². The van der Waals surface area contributed by atoms with Crippen molar-refractivity contribution in [1.82, 2.24) is 15.5 Å². The summed E-state index contributed by atoms with van der Waals surface area (Å²) < 4.78 is 37.0. The van der Waals surface area contributed by atoms with E-state index in [-0.39, 0.29) is 37.3 Å². The molecule has 2 aliphatic rings. The maximum Gasteiger partial charge on any atom is 0.471 e. The molecule has 5 nitrogen and oxygen atoms in total. The van der Waals surface area contributed by atoms with Crippen molar-refractivity contribution < 1.29 is 22.8 Å². The molecule has 0 aromatic carbocycles. The van der Waals surface area contributed by atoms with Crippen molar-refractivity contribution in [3.63, 3.8) is 0 Å². The summed E-state index contributed by atoms with van der Waals surface area (Å²) in [6, 6.07) is 0. The zero-order chi connectivity index (χ0) is 16.9. The highest BCUT2D eigenvalue weighted by Gasteiger charge is 2.43. The maximum atomic E-state index is 12.3. The Kier molecular flexibility index (Phi) is 8.29. The molecule has 0 aliphatic carbocycles. The average Bonchev–Trinajstić information content (AvgIpc) is 3.03. The third-order valence-corrected chi connectivity index (χ3v) is 4.67. The highest BCUT2D eigenvalue weighted by Crippen LogP contribution is 2.23. The van der Waals surface area contributed by atoms with Crippen LogP contribution in [0.2, 0.25) is 0 Å². The number of likely N-dealkylation sites (tertiary alicyclic amines) is 1. The van der Waals surface area contributed by atoms with Crippen LogP contribution >= 0.6 is 12.4 Å². The van der Waals surface area contributed by atoms with Crippen LogP contribution in [0.5, 0.6) is 0 Å². The van der Waals surface area contributed by atoms with Crippen LogP contribution in [0.3, 0.4) is 0 Å². The lowest BCUT2D eigenvalue weighted by atomic mass is 9.96. The molecule has 140 valence electrons. The minimum Gasteiger partial charge on any atom is -0.356 e. The van der Waals surface area contributed by atoms with Gasteiger partial charge in [0.15, 0.2) is 0 Å². The van der Waals surface area contributed by atoms with Crippen LogP contribution < -0.4 is 10.6 Å². The number of rotatable bonds is 5. The Balaban J connectivity index is 0.00000288. The topological polar surface area (TPSA) is 61.4 Å². The van der Waals surface area contributed by atoms with Crippen LogP contribution in [0, 0.1) is 11.8 Å². The highest BCUT2D eigenvalue weighted by molar-refractivity contribution is 5.85. The zero-order valence-corrected chi connectivity index (χ0v) is 14.3. The lowest BCUT2D eigenvalue weighted by Crippen LogP contribution is -2.46. The number of amides is 2. The number of piperidine rings is 1. The lowest BCUT2D eigenvalue weighted by Gasteiger charge is -2.32. The van der Waals surface area contributed by atoms with Gasteiger partial charge in [-0.3, -0.25) is 9.59 Å². The summed E-state index contributed by atoms with van der Waals surface area (Å²) in [4.78, 5) is 23.8. The van der Waals surface area contributed by atoms with Gasteiger partial charge in [0.1, 0.15) is 0 Å². The first-order chi connectivity index (χ1) is 10.9. The standard InChI is InChI=1S/C15H24F3N3O2.ClH/c16-15(17,18)14(23)21-7-4-12(5-8-21)10-20-13(22)2-1-11-3-6-19-9-11;/h11-12,19H,1-10H2,(H,20,22);1H. The van der Waals surface area contributed by atoms with Crippen LogP contribution in [-0.4, -0.2) is 55.6 Å². The molecule has 2 heterocycles. The van der Waals surface area contributed by atoms with Gasteiger partial charge in [-0.25, -0.2) is 0 Å². The van der Waals surface area contributed by atoms with E-state index in [1.165, 1.54) is 0 Å². The molecule has 0 radical (unpaired) electrons. The molecule has 0 spiro atoms. The SMILES string of the molecule is Cl.O=C(CCC1CCNC1)NCC1CCN(C(=O)C(F)(F)F)CC1. The largest absolute Gasteiger partial charge is 0.471 e. The van der Waals surface area contributed by atoms with E-state index >= 15 is 0 Å². The second kappa shape index (κ2) is 9.46. The van der Waals surface area contributed by atoms with E-state index in [4.69, 9.17) is 0 Å². The summed E-state index contributed by atoms with van der Waals surface area (Å²) in [5, 5.41) is 6.13. The van der Waals surface area contributed by atoms with Gasteiger partial charge in [0.05, 0.1) is 0 Å². The number of alkyl halides is 3. The van der Waals surface area contributed by atoms with Gasteiger partial charge in [-0.1, -0.05) is 0 Å². The first-order valence-electron chi connectivity index (χ1n) is 8.19. The van der Waals surface area contributed by atoms with E-state index in [1.807, 2.05) is 0 Å². The molecule has 0 aromatic heterocycles. The molecule has 1 atom stereocenters. The number of carbonyl (C=O) groups excluding carboxylic acids is 2. The quantitative estimate of drug-likeness (QED) is 0.773. The molecule has 2 saturated heterocycles. The maximum absolute atomic E-state index is 12.3. The van der Waals surface area contributed by atoms with Crippen LogP contribution in [0.1, 0.15) is 32.1 Å². The van der Waals surface area contributed by atoms with E-state index in [2.05, 4.69) is 10.6 Å². The molecule has 2 rings (SSSR count). The Labute approximate surface area is 146 Å². The van der Waals surface area contributed by atoms with Crippen LogP contribution in [-0.2, 0) is 9.59 Å². The molecule has 0 saturated carbocycles. The summed E-state index contributed by atoms with van der Waals surface area (Å²) in [7, 11) is 0. The zero-order valence-electron chi connectivity index (χ0n) is 13.5. The second-order valence-corrected chi connectivity index (χ2v) is 6.43. The molecule has 0 bridgehead atoms. The van der Waals surface area contributed by atoms with Crippen molar-refractivity contribution in [3.05, 3.63) is 0 Å². The van der Waals surface area contributed by atoms with Gasteiger partial charge in [0, 0.05) is 26.1 Å². The van der Waals surface area contributed by atoms with Crippen LogP contribution in [0.25, 0.3) is 0 Å². The van der Waals surface area contributed by atoms with E-state index in [1.54, 1.807) is 0 Å². The van der Waals surface area contributed by atoms with Crippen molar-refractivity contribution in [3.8, 4) is 0 Å². The fourth-order valence-electron chi connectivity index (χ4n) is 3.16. The van der Waals surface area contributed by atoms with Gasteiger partial charge in [-0.05, 0) is 50.6 Å². The highest BCUT2D eigenvalue weighted by atomic mass is 35.5. The van der Waals surface area contributed by atoms with Crippen molar-refractivity contribution in [2.24, 2.45) is 11.8 Å². The van der Waals surface area contributed by atoms with Gasteiger partial charge in [-0.15, -0.1) is 12.4 Å².